The first-order valence-corrected chi connectivity index (χ1v) is 21.5. The number of nitrogens with one attached hydrogen (secondary N) is 3. The highest BCUT2D eigenvalue weighted by molar-refractivity contribution is 5.84. The number of hydrogen-bond acceptors (Lipinski definition) is 11. The number of carbonyl (C=O) groups is 4. The minimum absolute atomic E-state index is 0.0158. The van der Waals surface area contributed by atoms with Gasteiger partial charge in [-0.3, -0.25) is 33.7 Å². The number of amides is 4. The van der Waals surface area contributed by atoms with Crippen LogP contribution in [-0.4, -0.2) is 107 Å². The van der Waals surface area contributed by atoms with Crippen molar-refractivity contribution in [2.75, 3.05) is 72.9 Å². The molecule has 0 aromatic heterocycles. The zero-order valence-electron chi connectivity index (χ0n) is 35.9. The van der Waals surface area contributed by atoms with Gasteiger partial charge in [-0.05, 0) is 48.8 Å². The van der Waals surface area contributed by atoms with Gasteiger partial charge in [0.1, 0.15) is 13.2 Å². The van der Waals surface area contributed by atoms with Crippen LogP contribution in [0.4, 0.5) is 0 Å². The third kappa shape index (κ3) is 25.6. The molecule has 15 heteroatoms. The lowest BCUT2D eigenvalue weighted by Crippen LogP contribution is -2.35. The molecule has 0 saturated heterocycles. The van der Waals surface area contributed by atoms with Crippen molar-refractivity contribution in [1.29, 1.82) is 0 Å². The van der Waals surface area contributed by atoms with Crippen LogP contribution in [0.5, 0.6) is 0 Å². The summed E-state index contributed by atoms with van der Waals surface area (Å²) in [6.45, 7) is 5.22. The van der Waals surface area contributed by atoms with E-state index in [1.54, 1.807) is 7.11 Å². The van der Waals surface area contributed by atoms with E-state index in [0.29, 0.717) is 65.5 Å². The molecule has 3 aromatic carbocycles. The molecular formula is C46H67N5O10. The first-order chi connectivity index (χ1) is 29.9. The Morgan fingerprint density at radius 1 is 0.475 bits per heavy atom. The van der Waals surface area contributed by atoms with Crippen molar-refractivity contribution < 1.29 is 47.9 Å². The molecule has 336 valence electrons. The molecule has 3 rings (SSSR count). The Morgan fingerprint density at radius 2 is 0.918 bits per heavy atom. The summed E-state index contributed by atoms with van der Waals surface area (Å²) in [5.41, 5.74) is 5.92. The molecule has 0 bridgehead atoms. The largest absolute Gasteiger partial charge is 0.382 e. The standard InChI is InChI=1S/C46H67N5O10/c1-56-33-34-58-36-35-57-32-31-51(61-39-42-21-11-4-12-22-42)46(55)26-24-44(53)48-28-14-6-16-30-50(60-38-41-19-9-3-10-20-41)45(54)25-23-43(52)47-27-13-5-15-29-49-59-37-40-17-7-2-8-18-40/h2-4,7-12,17-22,49H,5-6,13-16,23-39H2,1H3,(H,47,52)(H,48,53). The number of nitrogens with zero attached hydrogens (tertiary/aromatic N) is 2. The van der Waals surface area contributed by atoms with Gasteiger partial charge in [-0.15, -0.1) is 0 Å². The van der Waals surface area contributed by atoms with Crippen LogP contribution >= 0.6 is 0 Å². The molecule has 0 aliphatic heterocycles. The van der Waals surface area contributed by atoms with E-state index in [9.17, 15) is 19.2 Å². The smallest absolute Gasteiger partial charge is 0.246 e. The Kier molecular flexibility index (Phi) is 28.1. The lowest BCUT2D eigenvalue weighted by atomic mass is 10.2. The highest BCUT2D eigenvalue weighted by Crippen LogP contribution is 2.10. The number of carbonyl (C=O) groups excluding carboxylic acids is 4. The second-order valence-electron chi connectivity index (χ2n) is 14.2. The van der Waals surface area contributed by atoms with Gasteiger partial charge >= 0.3 is 0 Å². The molecule has 0 spiro atoms. The number of unbranched alkanes of at least 4 members (excludes halogenated alkanes) is 4. The van der Waals surface area contributed by atoms with E-state index in [4.69, 9.17) is 28.7 Å². The van der Waals surface area contributed by atoms with E-state index in [-0.39, 0.29) is 75.7 Å². The van der Waals surface area contributed by atoms with Crippen LogP contribution < -0.4 is 16.1 Å². The first-order valence-electron chi connectivity index (χ1n) is 21.5. The molecule has 0 radical (unpaired) electrons. The van der Waals surface area contributed by atoms with Gasteiger partial charge in [0, 0.05) is 59.0 Å². The van der Waals surface area contributed by atoms with Crippen LogP contribution in [0, 0.1) is 0 Å². The minimum atomic E-state index is -0.311. The third-order valence-corrected chi connectivity index (χ3v) is 9.21. The average Bonchev–Trinajstić information content (AvgIpc) is 3.29. The van der Waals surface area contributed by atoms with Crippen molar-refractivity contribution in [2.45, 2.75) is 84.0 Å². The zero-order chi connectivity index (χ0) is 43.4. The van der Waals surface area contributed by atoms with Crippen molar-refractivity contribution in [3.05, 3.63) is 108 Å². The fraction of sp³-hybridized carbons (Fsp3) is 0.522. The van der Waals surface area contributed by atoms with E-state index in [1.165, 1.54) is 10.1 Å². The predicted molar refractivity (Wildman–Crippen MR) is 231 cm³/mol. The number of rotatable bonds is 36. The molecular weight excluding hydrogens is 783 g/mol. The van der Waals surface area contributed by atoms with E-state index < -0.39 is 0 Å². The minimum Gasteiger partial charge on any atom is -0.382 e. The lowest BCUT2D eigenvalue weighted by molar-refractivity contribution is -0.195. The van der Waals surface area contributed by atoms with Crippen LogP contribution in [0.3, 0.4) is 0 Å². The Hall–Kier alpha value is -4.74. The van der Waals surface area contributed by atoms with Gasteiger partial charge in [-0.2, -0.15) is 0 Å². The maximum atomic E-state index is 13.2. The molecule has 61 heavy (non-hydrogen) atoms. The fourth-order valence-corrected chi connectivity index (χ4v) is 5.75. The molecule has 0 aliphatic rings. The van der Waals surface area contributed by atoms with Crippen molar-refractivity contribution in [2.24, 2.45) is 0 Å². The van der Waals surface area contributed by atoms with Gasteiger partial charge in [0.25, 0.3) is 0 Å². The Bertz CT molecular complexity index is 1590. The van der Waals surface area contributed by atoms with Gasteiger partial charge in [0.15, 0.2) is 0 Å². The maximum Gasteiger partial charge on any atom is 0.246 e. The molecule has 0 atom stereocenters. The topological polar surface area (TPSA) is 166 Å². The summed E-state index contributed by atoms with van der Waals surface area (Å²) in [5.74, 6) is -0.974. The van der Waals surface area contributed by atoms with Crippen molar-refractivity contribution in [3.63, 3.8) is 0 Å². The number of methoxy groups -OCH3 is 1. The van der Waals surface area contributed by atoms with E-state index in [0.717, 1.165) is 48.9 Å². The van der Waals surface area contributed by atoms with E-state index >= 15 is 0 Å². The number of hydrogen-bond donors (Lipinski definition) is 3. The van der Waals surface area contributed by atoms with E-state index in [2.05, 4.69) is 16.1 Å². The van der Waals surface area contributed by atoms with Gasteiger partial charge in [0.2, 0.25) is 23.6 Å². The van der Waals surface area contributed by atoms with Gasteiger partial charge in [0.05, 0.1) is 46.2 Å². The Morgan fingerprint density at radius 3 is 1.44 bits per heavy atom. The third-order valence-electron chi connectivity index (χ3n) is 9.21. The molecule has 0 aliphatic carbocycles. The van der Waals surface area contributed by atoms with Crippen molar-refractivity contribution in [3.8, 4) is 0 Å². The van der Waals surface area contributed by atoms with Crippen LogP contribution in [-0.2, 0) is 67.7 Å². The fourth-order valence-electron chi connectivity index (χ4n) is 5.75. The first kappa shape index (κ1) is 50.6. The normalized spacial score (nSPS) is 11.0. The second-order valence-corrected chi connectivity index (χ2v) is 14.2. The summed E-state index contributed by atoms with van der Waals surface area (Å²) < 4.78 is 16.0. The van der Waals surface area contributed by atoms with Crippen LogP contribution in [0.2, 0.25) is 0 Å². The molecule has 0 unspecified atom stereocenters. The van der Waals surface area contributed by atoms with Gasteiger partial charge in [-0.25, -0.2) is 15.6 Å². The molecule has 4 amide bonds. The SMILES string of the molecule is COCCOCCOCCN(OCc1ccccc1)C(=O)CCC(=O)NCCCCCN(OCc1ccccc1)C(=O)CCC(=O)NCCCCCNOCc1ccccc1. The number of ether oxygens (including phenoxy) is 3. The van der Waals surface area contributed by atoms with Crippen molar-refractivity contribution in [1.82, 2.24) is 26.2 Å². The maximum absolute atomic E-state index is 13.2. The summed E-state index contributed by atoms with van der Waals surface area (Å²) in [6.07, 6.45) is 4.83. The molecule has 0 heterocycles. The number of hydroxylamine groups is 5. The van der Waals surface area contributed by atoms with Crippen LogP contribution in [0.1, 0.15) is 80.9 Å². The highest BCUT2D eigenvalue weighted by Gasteiger charge is 2.18. The second kappa shape index (κ2) is 33.9. The zero-order valence-corrected chi connectivity index (χ0v) is 35.9. The number of benzene rings is 3. The lowest BCUT2D eigenvalue weighted by Gasteiger charge is -2.22. The monoisotopic (exact) mass is 849 g/mol. The highest BCUT2D eigenvalue weighted by atomic mass is 16.7. The molecule has 0 fully saturated rings. The predicted octanol–water partition coefficient (Wildman–Crippen LogP) is 5.44. The van der Waals surface area contributed by atoms with E-state index in [1.807, 2.05) is 91.0 Å². The molecule has 3 N–H and O–H groups in total. The summed E-state index contributed by atoms with van der Waals surface area (Å²) in [4.78, 5) is 68.6. The molecule has 0 saturated carbocycles. The summed E-state index contributed by atoms with van der Waals surface area (Å²) in [6, 6.07) is 29.1. The summed E-state index contributed by atoms with van der Waals surface area (Å²) in [5, 5.41) is 8.41. The Labute approximate surface area is 361 Å². The average molecular weight is 850 g/mol. The van der Waals surface area contributed by atoms with Gasteiger partial charge < -0.3 is 24.8 Å². The van der Waals surface area contributed by atoms with Crippen LogP contribution in [0.25, 0.3) is 0 Å². The van der Waals surface area contributed by atoms with Crippen LogP contribution in [0.15, 0.2) is 91.0 Å². The van der Waals surface area contributed by atoms with Crippen molar-refractivity contribution >= 4 is 23.6 Å². The Balaban J connectivity index is 1.30. The van der Waals surface area contributed by atoms with Gasteiger partial charge in [-0.1, -0.05) is 97.4 Å². The quantitative estimate of drug-likeness (QED) is 0.0504. The summed E-state index contributed by atoms with van der Waals surface area (Å²) in [7, 11) is 1.61. The molecule has 15 nitrogen and oxygen atoms in total. The molecule has 3 aromatic rings. The summed E-state index contributed by atoms with van der Waals surface area (Å²) >= 11 is 0.